The lowest BCUT2D eigenvalue weighted by molar-refractivity contribution is -0.0478. The number of nitrogens with zero attached hydrogens (tertiary/aromatic N) is 1. The first kappa shape index (κ1) is 23.0. The Balaban J connectivity index is 1.15. The maximum atomic E-state index is 6.41. The van der Waals surface area contributed by atoms with Crippen LogP contribution in [0.4, 0.5) is 17.1 Å². The Labute approximate surface area is 249 Å². The molecule has 0 saturated heterocycles. The van der Waals surface area contributed by atoms with Crippen LogP contribution >= 0.6 is 0 Å². The van der Waals surface area contributed by atoms with Gasteiger partial charge in [-0.1, -0.05) is 48.5 Å². The summed E-state index contributed by atoms with van der Waals surface area (Å²) < 4.78 is 12.8. The molecule has 5 aliphatic carbocycles. The van der Waals surface area contributed by atoms with E-state index >= 15 is 0 Å². The second-order valence-electron chi connectivity index (χ2n) is 13.9. The average Bonchev–Trinajstić information content (AvgIpc) is 3.58. The van der Waals surface area contributed by atoms with Crippen LogP contribution in [-0.4, -0.2) is 0 Å². The van der Waals surface area contributed by atoms with E-state index in [0.29, 0.717) is 11.3 Å². The molecule has 3 heteroatoms. The second-order valence-corrected chi connectivity index (χ2v) is 13.9. The molecule has 4 bridgehead atoms. The van der Waals surface area contributed by atoms with E-state index in [-0.39, 0.29) is 0 Å². The van der Waals surface area contributed by atoms with Crippen LogP contribution in [0.5, 0.6) is 0 Å². The summed E-state index contributed by atoms with van der Waals surface area (Å²) in [7, 11) is 0. The predicted molar refractivity (Wildman–Crippen MR) is 174 cm³/mol. The first-order valence-corrected chi connectivity index (χ1v) is 16.0. The van der Waals surface area contributed by atoms with E-state index < -0.39 is 0 Å². The third-order valence-corrected chi connectivity index (χ3v) is 11.7. The smallest absolute Gasteiger partial charge is 0.137 e. The largest absolute Gasteiger partial charge is 0.456 e. The van der Waals surface area contributed by atoms with Crippen molar-refractivity contribution in [2.45, 2.75) is 43.4 Å². The van der Waals surface area contributed by atoms with Crippen molar-refractivity contribution in [3.8, 4) is 0 Å². The van der Waals surface area contributed by atoms with E-state index in [0.717, 1.165) is 62.2 Å². The zero-order valence-electron chi connectivity index (χ0n) is 23.9. The minimum atomic E-state index is 0.414. The summed E-state index contributed by atoms with van der Waals surface area (Å²) in [6.07, 6.45) is 7.12. The lowest BCUT2D eigenvalue weighted by Crippen LogP contribution is -2.59. The van der Waals surface area contributed by atoms with E-state index in [9.17, 15) is 0 Å². The van der Waals surface area contributed by atoms with Crippen molar-refractivity contribution in [3.63, 3.8) is 0 Å². The fourth-order valence-electron chi connectivity index (χ4n) is 10.5. The molecule has 208 valence electrons. The minimum absolute atomic E-state index is 0.414. The Morgan fingerprint density at radius 2 is 1.14 bits per heavy atom. The molecule has 43 heavy (non-hydrogen) atoms. The van der Waals surface area contributed by atoms with E-state index in [1.807, 2.05) is 12.1 Å². The average molecular weight is 558 g/mol. The topological polar surface area (TPSA) is 29.5 Å². The zero-order chi connectivity index (χ0) is 27.9. The van der Waals surface area contributed by atoms with Crippen LogP contribution in [0.15, 0.2) is 112 Å². The summed E-state index contributed by atoms with van der Waals surface area (Å²) in [5.41, 5.74) is 10.9. The van der Waals surface area contributed by atoms with Gasteiger partial charge >= 0.3 is 0 Å². The van der Waals surface area contributed by atoms with Crippen molar-refractivity contribution in [2.75, 3.05) is 4.90 Å². The summed E-state index contributed by atoms with van der Waals surface area (Å²) in [6, 6.07) is 37.4. The molecule has 12 rings (SSSR count). The van der Waals surface area contributed by atoms with Crippen LogP contribution in [0.2, 0.25) is 0 Å². The molecule has 5 aromatic carbocycles. The highest BCUT2D eigenvalue weighted by Crippen LogP contribution is 2.74. The van der Waals surface area contributed by atoms with Gasteiger partial charge in [-0.15, -0.1) is 0 Å². The van der Waals surface area contributed by atoms with Gasteiger partial charge in [0.15, 0.2) is 0 Å². The number of anilines is 3. The van der Waals surface area contributed by atoms with Gasteiger partial charge in [0, 0.05) is 56.2 Å². The predicted octanol–water partition coefficient (Wildman–Crippen LogP) is 11.1. The molecule has 5 aliphatic rings. The molecular weight excluding hydrogens is 526 g/mol. The summed E-state index contributed by atoms with van der Waals surface area (Å²) in [5.74, 6) is 3.39. The Kier molecular flexibility index (Phi) is 4.23. The molecule has 3 unspecified atom stereocenters. The number of fused-ring (bicyclic) bond motifs is 7. The molecular formula is C40H31NO2. The lowest BCUT2D eigenvalue weighted by atomic mass is 9.36. The molecule has 3 atom stereocenters. The highest BCUT2D eigenvalue weighted by molar-refractivity contribution is 6.08. The van der Waals surface area contributed by atoms with Gasteiger partial charge in [0.25, 0.3) is 0 Å². The quantitative estimate of drug-likeness (QED) is 0.216. The van der Waals surface area contributed by atoms with Gasteiger partial charge in [-0.3, -0.25) is 0 Å². The summed E-state index contributed by atoms with van der Waals surface area (Å²) >= 11 is 0. The molecule has 0 radical (unpaired) electrons. The van der Waals surface area contributed by atoms with Crippen LogP contribution in [0, 0.1) is 17.8 Å². The monoisotopic (exact) mass is 557 g/mol. The normalized spacial score (nSPS) is 26.7. The summed E-state index contributed by atoms with van der Waals surface area (Å²) in [4.78, 5) is 2.48. The molecule has 7 aromatic rings. The fraction of sp³-hybridized carbons (Fsp3) is 0.250. The second kappa shape index (κ2) is 7.90. The third kappa shape index (κ3) is 2.91. The molecule has 4 fully saturated rings. The van der Waals surface area contributed by atoms with E-state index in [4.69, 9.17) is 8.83 Å². The zero-order valence-corrected chi connectivity index (χ0v) is 23.9. The maximum absolute atomic E-state index is 6.41. The van der Waals surface area contributed by atoms with Crippen LogP contribution < -0.4 is 4.90 Å². The SMILES string of the molecule is c1cc(N(c2ccc3c(c2)oc2ccccc23)c2ccc3c(c2)oc2ccccc23)c2c(c1)C13CC4CC(CC(C4)C21)C3. The van der Waals surface area contributed by atoms with Crippen molar-refractivity contribution < 1.29 is 8.83 Å². The molecule has 3 nitrogen and oxygen atoms in total. The number of hydrogen-bond donors (Lipinski definition) is 0. The van der Waals surface area contributed by atoms with Gasteiger partial charge in [0.05, 0.1) is 0 Å². The van der Waals surface area contributed by atoms with Gasteiger partial charge in [-0.05, 0) is 109 Å². The lowest BCUT2D eigenvalue weighted by Gasteiger charge is -2.68. The fourth-order valence-corrected chi connectivity index (χ4v) is 10.5. The van der Waals surface area contributed by atoms with Gasteiger partial charge in [-0.25, -0.2) is 0 Å². The highest BCUT2D eigenvalue weighted by Gasteiger charge is 2.64. The van der Waals surface area contributed by atoms with Crippen molar-refractivity contribution in [1.29, 1.82) is 0 Å². The van der Waals surface area contributed by atoms with Crippen molar-refractivity contribution >= 4 is 60.9 Å². The van der Waals surface area contributed by atoms with Crippen LogP contribution in [0.1, 0.15) is 49.1 Å². The number of rotatable bonds is 3. The molecule has 0 aliphatic heterocycles. The Morgan fingerprint density at radius 1 is 0.558 bits per heavy atom. The van der Waals surface area contributed by atoms with E-state index in [1.165, 1.54) is 48.6 Å². The van der Waals surface area contributed by atoms with Crippen LogP contribution in [0.3, 0.4) is 0 Å². The van der Waals surface area contributed by atoms with Crippen molar-refractivity contribution in [3.05, 3.63) is 114 Å². The number of benzene rings is 5. The van der Waals surface area contributed by atoms with Crippen molar-refractivity contribution in [1.82, 2.24) is 0 Å². The van der Waals surface area contributed by atoms with E-state index in [2.05, 4.69) is 95.9 Å². The van der Waals surface area contributed by atoms with Gasteiger partial charge in [0.1, 0.15) is 22.3 Å². The van der Waals surface area contributed by atoms with Crippen LogP contribution in [0.25, 0.3) is 43.9 Å². The first-order chi connectivity index (χ1) is 21.2. The Bertz CT molecular complexity index is 2160. The maximum Gasteiger partial charge on any atom is 0.137 e. The van der Waals surface area contributed by atoms with E-state index in [1.54, 1.807) is 11.1 Å². The Hall–Kier alpha value is -4.50. The molecule has 0 N–H and O–H groups in total. The summed E-state index contributed by atoms with van der Waals surface area (Å²) in [5, 5.41) is 4.65. The first-order valence-electron chi connectivity index (χ1n) is 16.0. The van der Waals surface area contributed by atoms with Crippen LogP contribution in [-0.2, 0) is 5.41 Å². The van der Waals surface area contributed by atoms with Crippen molar-refractivity contribution in [2.24, 2.45) is 17.8 Å². The highest BCUT2D eigenvalue weighted by atomic mass is 16.3. The molecule has 2 aromatic heterocycles. The van der Waals surface area contributed by atoms with Gasteiger partial charge < -0.3 is 13.7 Å². The summed E-state index contributed by atoms with van der Waals surface area (Å²) in [6.45, 7) is 0. The number of hydrogen-bond acceptors (Lipinski definition) is 3. The van der Waals surface area contributed by atoms with Gasteiger partial charge in [-0.2, -0.15) is 0 Å². The number of para-hydroxylation sites is 2. The van der Waals surface area contributed by atoms with Gasteiger partial charge in [0.2, 0.25) is 0 Å². The Morgan fingerprint density at radius 3 is 1.77 bits per heavy atom. The third-order valence-electron chi connectivity index (χ3n) is 11.7. The molecule has 1 spiro atoms. The molecule has 2 heterocycles. The number of furan rings is 2. The molecule has 0 amide bonds. The molecule has 4 saturated carbocycles. The standard InChI is InChI=1S/C40H31NO2/c1-3-10-34-28(6-1)30-14-12-26(19-36(30)42-34)41(27-13-15-31-29-7-2-4-11-35(29)43-37(31)20-27)33-9-5-8-32-38(33)39-25-17-23-16-24(18-25)22-40(32,39)21-23/h1-15,19-20,23-25,39H,16-18,21-22H2. The minimum Gasteiger partial charge on any atom is -0.456 e.